The molecular weight excluding hydrogens is 198 g/mol. The Hall–Kier alpha value is -1.64. The fraction of sp³-hybridized carbons (Fsp3) is 0.385. The Kier molecular flexibility index (Phi) is 4.23. The number of hydrogen-bond acceptors (Lipinski definition) is 3. The van der Waals surface area contributed by atoms with Crippen LogP contribution in [0.25, 0.3) is 0 Å². The van der Waals surface area contributed by atoms with Crippen LogP contribution >= 0.6 is 0 Å². The Morgan fingerprint density at radius 1 is 1.31 bits per heavy atom. The molecule has 0 aliphatic heterocycles. The first-order chi connectivity index (χ1) is 7.60. The number of nitrogens with one attached hydrogen (secondary N) is 1. The summed E-state index contributed by atoms with van der Waals surface area (Å²) in [6.45, 7) is 6.09. The fourth-order valence-corrected chi connectivity index (χ4v) is 1.49. The van der Waals surface area contributed by atoms with Crippen molar-refractivity contribution in [2.24, 2.45) is 4.99 Å². The molecule has 0 bridgehead atoms. The molecule has 0 saturated carbocycles. The van der Waals surface area contributed by atoms with E-state index in [1.165, 1.54) is 0 Å². The molecule has 1 N–H and O–H groups in total. The van der Waals surface area contributed by atoms with Crippen LogP contribution in [0.15, 0.2) is 34.6 Å². The van der Waals surface area contributed by atoms with Crippen molar-refractivity contribution in [3.05, 3.63) is 40.9 Å². The average molecular weight is 217 g/mol. The van der Waals surface area contributed by atoms with Gasteiger partial charge in [-0.1, -0.05) is 0 Å². The lowest BCUT2D eigenvalue weighted by molar-refractivity contribution is 0.973. The van der Waals surface area contributed by atoms with Gasteiger partial charge in [0.25, 0.3) is 0 Å². The largest absolute Gasteiger partial charge is 0.391 e. The Balaban J connectivity index is 3.15. The standard InChI is InChI=1S/C13H19N3/c1-9-6-7-12(8-16-9)13(15-5)10(2)11(3)14-4/h6-8,14H,1-5H3/b11-10+,15-13+. The number of nitrogens with zero attached hydrogens (tertiary/aromatic N) is 2. The van der Waals surface area contributed by atoms with Crippen LogP contribution in [0.3, 0.4) is 0 Å². The van der Waals surface area contributed by atoms with E-state index in [2.05, 4.69) is 28.3 Å². The van der Waals surface area contributed by atoms with Gasteiger partial charge in [-0.3, -0.25) is 9.98 Å². The van der Waals surface area contributed by atoms with Crippen molar-refractivity contribution in [3.63, 3.8) is 0 Å². The van der Waals surface area contributed by atoms with Crippen molar-refractivity contribution >= 4 is 5.71 Å². The van der Waals surface area contributed by atoms with Gasteiger partial charge in [0.05, 0.1) is 5.71 Å². The minimum atomic E-state index is 0.986. The lowest BCUT2D eigenvalue weighted by Crippen LogP contribution is -2.12. The van der Waals surface area contributed by atoms with E-state index in [1.807, 2.05) is 40.2 Å². The first kappa shape index (κ1) is 12.4. The number of allylic oxidation sites excluding steroid dienone is 2. The third-order valence-corrected chi connectivity index (χ3v) is 2.70. The predicted molar refractivity (Wildman–Crippen MR) is 68.9 cm³/mol. The van der Waals surface area contributed by atoms with E-state index >= 15 is 0 Å². The molecule has 0 spiro atoms. The fourth-order valence-electron chi connectivity index (χ4n) is 1.49. The molecule has 0 unspecified atom stereocenters. The summed E-state index contributed by atoms with van der Waals surface area (Å²) in [6, 6.07) is 4.06. The maximum absolute atomic E-state index is 4.34. The molecule has 0 atom stereocenters. The first-order valence-electron chi connectivity index (χ1n) is 5.35. The van der Waals surface area contributed by atoms with E-state index in [0.29, 0.717) is 0 Å². The summed E-state index contributed by atoms with van der Waals surface area (Å²) in [5.74, 6) is 0. The van der Waals surface area contributed by atoms with E-state index < -0.39 is 0 Å². The van der Waals surface area contributed by atoms with Gasteiger partial charge in [0, 0.05) is 37.2 Å². The van der Waals surface area contributed by atoms with E-state index in [0.717, 1.165) is 28.2 Å². The normalized spacial score (nSPS) is 13.4. The van der Waals surface area contributed by atoms with Crippen LogP contribution in [-0.4, -0.2) is 24.8 Å². The summed E-state index contributed by atoms with van der Waals surface area (Å²) in [4.78, 5) is 8.63. The van der Waals surface area contributed by atoms with Gasteiger partial charge in [0.2, 0.25) is 0 Å². The highest BCUT2D eigenvalue weighted by molar-refractivity contribution is 6.12. The van der Waals surface area contributed by atoms with Gasteiger partial charge >= 0.3 is 0 Å². The van der Waals surface area contributed by atoms with Gasteiger partial charge in [-0.05, 0) is 38.5 Å². The van der Waals surface area contributed by atoms with Gasteiger partial charge < -0.3 is 5.32 Å². The van der Waals surface area contributed by atoms with Crippen molar-refractivity contribution < 1.29 is 0 Å². The van der Waals surface area contributed by atoms with E-state index in [-0.39, 0.29) is 0 Å². The van der Waals surface area contributed by atoms with Crippen molar-refractivity contribution in [1.29, 1.82) is 0 Å². The van der Waals surface area contributed by atoms with E-state index in [9.17, 15) is 0 Å². The van der Waals surface area contributed by atoms with Gasteiger partial charge in [-0.25, -0.2) is 0 Å². The zero-order chi connectivity index (χ0) is 12.1. The van der Waals surface area contributed by atoms with Crippen LogP contribution in [0.5, 0.6) is 0 Å². The van der Waals surface area contributed by atoms with Gasteiger partial charge in [-0.15, -0.1) is 0 Å². The number of aryl methyl sites for hydroxylation is 1. The van der Waals surface area contributed by atoms with E-state index in [1.54, 1.807) is 0 Å². The topological polar surface area (TPSA) is 37.3 Å². The molecule has 16 heavy (non-hydrogen) atoms. The summed E-state index contributed by atoms with van der Waals surface area (Å²) >= 11 is 0. The molecule has 0 fully saturated rings. The Bertz CT molecular complexity index is 413. The van der Waals surface area contributed by atoms with Crippen LogP contribution in [0.2, 0.25) is 0 Å². The van der Waals surface area contributed by atoms with Crippen molar-refractivity contribution in [2.75, 3.05) is 14.1 Å². The Morgan fingerprint density at radius 3 is 2.44 bits per heavy atom. The molecule has 3 heteroatoms. The highest BCUT2D eigenvalue weighted by Gasteiger charge is 2.07. The zero-order valence-corrected chi connectivity index (χ0v) is 10.6. The van der Waals surface area contributed by atoms with Crippen LogP contribution in [-0.2, 0) is 0 Å². The number of hydrogen-bond donors (Lipinski definition) is 1. The maximum Gasteiger partial charge on any atom is 0.0704 e. The van der Waals surface area contributed by atoms with Crippen molar-refractivity contribution in [3.8, 4) is 0 Å². The number of aromatic nitrogens is 1. The molecule has 1 aromatic heterocycles. The monoisotopic (exact) mass is 217 g/mol. The molecule has 1 heterocycles. The molecule has 3 nitrogen and oxygen atoms in total. The van der Waals surface area contributed by atoms with E-state index in [4.69, 9.17) is 0 Å². The summed E-state index contributed by atoms with van der Waals surface area (Å²) in [7, 11) is 3.72. The second-order valence-corrected chi connectivity index (χ2v) is 3.76. The molecule has 0 aliphatic rings. The summed E-state index contributed by atoms with van der Waals surface area (Å²) < 4.78 is 0. The second-order valence-electron chi connectivity index (χ2n) is 3.76. The maximum atomic E-state index is 4.34. The SMILES string of the molecule is C/N=C(\C(C)=C(/C)NC)c1ccc(C)nc1. The van der Waals surface area contributed by atoms with Gasteiger partial charge in [0.15, 0.2) is 0 Å². The van der Waals surface area contributed by atoms with Crippen LogP contribution < -0.4 is 5.32 Å². The first-order valence-corrected chi connectivity index (χ1v) is 5.35. The minimum absolute atomic E-state index is 0.986. The molecule has 0 radical (unpaired) electrons. The highest BCUT2D eigenvalue weighted by atomic mass is 14.8. The summed E-state index contributed by atoms with van der Waals surface area (Å²) in [5.41, 5.74) is 5.34. The lowest BCUT2D eigenvalue weighted by atomic mass is 10.0. The molecule has 0 saturated heterocycles. The van der Waals surface area contributed by atoms with Crippen LogP contribution in [0, 0.1) is 6.92 Å². The number of rotatable bonds is 3. The lowest BCUT2D eigenvalue weighted by Gasteiger charge is -2.10. The van der Waals surface area contributed by atoms with Crippen molar-refractivity contribution in [1.82, 2.24) is 10.3 Å². The molecule has 1 rings (SSSR count). The minimum Gasteiger partial charge on any atom is -0.391 e. The molecule has 1 aromatic rings. The third-order valence-electron chi connectivity index (χ3n) is 2.70. The molecular formula is C13H19N3. The van der Waals surface area contributed by atoms with Gasteiger partial charge in [-0.2, -0.15) is 0 Å². The van der Waals surface area contributed by atoms with Gasteiger partial charge in [0.1, 0.15) is 0 Å². The highest BCUT2D eigenvalue weighted by Crippen LogP contribution is 2.11. The predicted octanol–water partition coefficient (Wildman–Crippen LogP) is 2.32. The summed E-state index contributed by atoms with van der Waals surface area (Å²) in [6.07, 6.45) is 1.87. The molecule has 0 amide bonds. The number of pyridine rings is 1. The zero-order valence-electron chi connectivity index (χ0n) is 10.6. The average Bonchev–Trinajstić information content (AvgIpc) is 2.31. The number of aliphatic imine (C=N–C) groups is 1. The van der Waals surface area contributed by atoms with Crippen LogP contribution in [0.4, 0.5) is 0 Å². The smallest absolute Gasteiger partial charge is 0.0704 e. The Morgan fingerprint density at radius 2 is 2.00 bits per heavy atom. The molecule has 0 aliphatic carbocycles. The Labute approximate surface area is 97.3 Å². The summed E-state index contributed by atoms with van der Waals surface area (Å²) in [5, 5.41) is 3.14. The van der Waals surface area contributed by atoms with Crippen LogP contribution in [0.1, 0.15) is 25.1 Å². The van der Waals surface area contributed by atoms with Crippen molar-refractivity contribution in [2.45, 2.75) is 20.8 Å². The molecule has 86 valence electrons. The second kappa shape index (κ2) is 5.45. The molecule has 0 aromatic carbocycles. The quantitative estimate of drug-likeness (QED) is 0.789. The third kappa shape index (κ3) is 2.69.